The van der Waals surface area contributed by atoms with Crippen molar-refractivity contribution in [2.75, 3.05) is 0 Å². The maximum Gasteiger partial charge on any atom is 0.167 e. The maximum absolute atomic E-state index is 11.5. The molecule has 0 unspecified atom stereocenters. The second-order valence-corrected chi connectivity index (χ2v) is 4.28. The molecule has 0 saturated carbocycles. The fourth-order valence-corrected chi connectivity index (χ4v) is 2.25. The lowest BCUT2D eigenvalue weighted by atomic mass is 9.94. The van der Waals surface area contributed by atoms with Gasteiger partial charge in [0.1, 0.15) is 11.4 Å². The van der Waals surface area contributed by atoms with Gasteiger partial charge in [0.2, 0.25) is 0 Å². The lowest BCUT2D eigenvalue weighted by Crippen LogP contribution is -2.42. The molecule has 2 rings (SSSR count). The molecule has 0 amide bonds. The van der Waals surface area contributed by atoms with Crippen LogP contribution in [0.1, 0.15) is 33.1 Å². The molecule has 0 aliphatic carbocycles. The summed E-state index contributed by atoms with van der Waals surface area (Å²) in [5.41, 5.74) is -1.30. The number of ketones is 2. The molecule has 0 aromatic rings. The van der Waals surface area contributed by atoms with Gasteiger partial charge in [-0.05, 0) is 13.8 Å². The summed E-state index contributed by atoms with van der Waals surface area (Å²) in [6.07, 6.45) is 1.06. The number of rotatable bonds is 0. The van der Waals surface area contributed by atoms with Crippen molar-refractivity contribution in [3.8, 4) is 0 Å². The van der Waals surface area contributed by atoms with E-state index in [-0.39, 0.29) is 18.0 Å². The third kappa shape index (κ3) is 0.926. The van der Waals surface area contributed by atoms with Crippen molar-refractivity contribution < 1.29 is 14.3 Å². The van der Waals surface area contributed by atoms with Crippen molar-refractivity contribution in [2.24, 2.45) is 0 Å². The third-order valence-corrected chi connectivity index (χ3v) is 2.70. The smallest absolute Gasteiger partial charge is 0.167 e. The first-order valence-corrected chi connectivity index (χ1v) is 4.19. The molecule has 0 N–H and O–H groups in total. The fourth-order valence-electron chi connectivity index (χ4n) is 2.25. The summed E-state index contributed by atoms with van der Waals surface area (Å²) in [5.74, 6) is 0.230. The van der Waals surface area contributed by atoms with Crippen LogP contribution in [0.2, 0.25) is 0 Å². The molecule has 12 heavy (non-hydrogen) atoms. The largest absolute Gasteiger partial charge is 0.360 e. The van der Waals surface area contributed by atoms with Gasteiger partial charge in [0, 0.05) is 19.3 Å². The Balaban J connectivity index is 2.39. The van der Waals surface area contributed by atoms with Crippen LogP contribution in [0.15, 0.2) is 0 Å². The number of hydrogen-bond donors (Lipinski definition) is 0. The molecule has 3 nitrogen and oxygen atoms in total. The molecule has 0 spiro atoms. The average Bonchev–Trinajstić information content (AvgIpc) is 1.96. The highest BCUT2D eigenvalue weighted by atomic mass is 16.5. The second kappa shape index (κ2) is 1.96. The van der Waals surface area contributed by atoms with Gasteiger partial charge < -0.3 is 4.74 Å². The molecule has 3 heteroatoms. The van der Waals surface area contributed by atoms with E-state index in [1.165, 1.54) is 0 Å². The normalized spacial score (nSPS) is 46.8. The van der Waals surface area contributed by atoms with Gasteiger partial charge in [-0.2, -0.15) is 0 Å². The molecule has 2 bridgehead atoms. The Morgan fingerprint density at radius 2 is 1.83 bits per heavy atom. The molecular weight excluding hydrogens is 156 g/mol. The standard InChI is InChI=1S/C9H12O3/c1-8-3-6(10)4-9(2,12-8)7(11)5-8/h3-5H2,1-2H3/t8-,9+/m1/s1. The summed E-state index contributed by atoms with van der Waals surface area (Å²) in [4.78, 5) is 22.7. The minimum Gasteiger partial charge on any atom is -0.360 e. The van der Waals surface area contributed by atoms with Crippen LogP contribution in [0.5, 0.6) is 0 Å². The van der Waals surface area contributed by atoms with Crippen LogP contribution in [0.4, 0.5) is 0 Å². The van der Waals surface area contributed by atoms with E-state index < -0.39 is 11.2 Å². The van der Waals surface area contributed by atoms with E-state index in [1.54, 1.807) is 6.92 Å². The van der Waals surface area contributed by atoms with Gasteiger partial charge >= 0.3 is 0 Å². The van der Waals surface area contributed by atoms with E-state index in [0.29, 0.717) is 12.8 Å². The van der Waals surface area contributed by atoms with Gasteiger partial charge in [-0.25, -0.2) is 0 Å². The minimum absolute atomic E-state index is 0.0795. The molecule has 0 aromatic carbocycles. The fraction of sp³-hybridized carbons (Fsp3) is 0.778. The number of ether oxygens (including phenoxy) is 1. The highest BCUT2D eigenvalue weighted by Crippen LogP contribution is 2.43. The van der Waals surface area contributed by atoms with Crippen LogP contribution in [0.3, 0.4) is 0 Å². The zero-order valence-electron chi connectivity index (χ0n) is 7.35. The summed E-state index contributed by atoms with van der Waals surface area (Å²) in [6.45, 7) is 3.56. The van der Waals surface area contributed by atoms with Crippen molar-refractivity contribution in [2.45, 2.75) is 44.3 Å². The topological polar surface area (TPSA) is 43.4 Å². The lowest BCUT2D eigenvalue weighted by Gasteiger charge is -2.33. The van der Waals surface area contributed by atoms with Crippen LogP contribution in [0, 0.1) is 0 Å². The van der Waals surface area contributed by atoms with Gasteiger partial charge in [-0.3, -0.25) is 9.59 Å². The first-order valence-electron chi connectivity index (χ1n) is 4.19. The van der Waals surface area contributed by atoms with Crippen molar-refractivity contribution in [1.29, 1.82) is 0 Å². The summed E-state index contributed by atoms with van der Waals surface area (Å²) in [5, 5.41) is 0. The zero-order valence-corrected chi connectivity index (χ0v) is 7.35. The van der Waals surface area contributed by atoms with E-state index in [1.807, 2.05) is 6.92 Å². The lowest BCUT2D eigenvalue weighted by molar-refractivity contribution is -0.159. The molecule has 2 atom stereocenters. The predicted molar refractivity (Wildman–Crippen MR) is 41.8 cm³/mol. The van der Waals surface area contributed by atoms with Crippen LogP contribution in [-0.2, 0) is 14.3 Å². The Morgan fingerprint density at radius 1 is 1.17 bits per heavy atom. The third-order valence-electron chi connectivity index (χ3n) is 2.70. The highest BCUT2D eigenvalue weighted by molar-refractivity contribution is 5.98. The monoisotopic (exact) mass is 168 g/mol. The van der Waals surface area contributed by atoms with E-state index in [2.05, 4.69) is 0 Å². The maximum atomic E-state index is 11.5. The number of fused-ring (bicyclic) bond motifs is 2. The predicted octanol–water partition coefficient (Wildman–Crippen LogP) is 0.856. The molecule has 2 heterocycles. The summed E-state index contributed by atoms with van der Waals surface area (Å²) in [6, 6.07) is 0. The van der Waals surface area contributed by atoms with Crippen molar-refractivity contribution in [3.05, 3.63) is 0 Å². The Kier molecular flexibility index (Phi) is 1.30. The van der Waals surface area contributed by atoms with E-state index in [9.17, 15) is 9.59 Å². The number of hydrogen-bond acceptors (Lipinski definition) is 3. The SMILES string of the molecule is C[C@]12CC(=O)C[C@](C)(O1)C(=O)C2. The molecular formula is C9H12O3. The van der Waals surface area contributed by atoms with Crippen molar-refractivity contribution in [3.63, 3.8) is 0 Å². The quantitative estimate of drug-likeness (QED) is 0.538. The first-order chi connectivity index (χ1) is 5.44. The molecule has 66 valence electrons. The van der Waals surface area contributed by atoms with E-state index >= 15 is 0 Å². The minimum atomic E-state index is -0.802. The Bertz CT molecular complexity index is 271. The number of carbonyl (C=O) groups excluding carboxylic acids is 2. The highest BCUT2D eigenvalue weighted by Gasteiger charge is 2.55. The number of Topliss-reactive ketones (excluding diaryl/α,β-unsaturated/α-hetero) is 2. The van der Waals surface area contributed by atoms with Gasteiger partial charge in [-0.15, -0.1) is 0 Å². The molecule has 2 saturated heterocycles. The Morgan fingerprint density at radius 3 is 2.42 bits per heavy atom. The van der Waals surface area contributed by atoms with E-state index in [4.69, 9.17) is 4.74 Å². The van der Waals surface area contributed by atoms with Crippen molar-refractivity contribution >= 4 is 11.6 Å². The summed E-state index contributed by atoms with van der Waals surface area (Å²) >= 11 is 0. The number of carbonyl (C=O) groups is 2. The van der Waals surface area contributed by atoms with Crippen LogP contribution in [-0.4, -0.2) is 22.8 Å². The van der Waals surface area contributed by atoms with Gasteiger partial charge in [-0.1, -0.05) is 0 Å². The van der Waals surface area contributed by atoms with Crippen LogP contribution >= 0.6 is 0 Å². The Labute approximate surface area is 71.1 Å². The van der Waals surface area contributed by atoms with Crippen LogP contribution in [0.25, 0.3) is 0 Å². The molecule has 0 aromatic heterocycles. The summed E-state index contributed by atoms with van der Waals surface area (Å²) in [7, 11) is 0. The van der Waals surface area contributed by atoms with Gasteiger partial charge in [0.25, 0.3) is 0 Å². The summed E-state index contributed by atoms with van der Waals surface area (Å²) < 4.78 is 5.58. The second-order valence-electron chi connectivity index (χ2n) is 4.28. The van der Waals surface area contributed by atoms with Gasteiger partial charge in [0.05, 0.1) is 5.60 Å². The van der Waals surface area contributed by atoms with Crippen molar-refractivity contribution in [1.82, 2.24) is 0 Å². The molecule has 2 aliphatic heterocycles. The van der Waals surface area contributed by atoms with Gasteiger partial charge in [0.15, 0.2) is 5.78 Å². The molecule has 2 fully saturated rings. The average molecular weight is 168 g/mol. The zero-order chi connectivity index (χ0) is 8.98. The Hall–Kier alpha value is -0.700. The molecule has 2 aliphatic rings. The first kappa shape index (κ1) is 7.92. The van der Waals surface area contributed by atoms with E-state index in [0.717, 1.165) is 0 Å². The molecule has 0 radical (unpaired) electrons. The van der Waals surface area contributed by atoms with Crippen LogP contribution < -0.4 is 0 Å².